The lowest BCUT2D eigenvalue weighted by molar-refractivity contribution is 0.210. The van der Waals surface area contributed by atoms with E-state index in [2.05, 4.69) is 74.5 Å². The largest absolute Gasteiger partial charge is 0.491 e. The zero-order chi connectivity index (χ0) is 17.9. The van der Waals surface area contributed by atoms with Crippen molar-refractivity contribution < 1.29 is 4.74 Å². The molecule has 2 heteroatoms. The SMILES string of the molecule is CCCC(C)Oc1ccc2nc3ccccc3c(-c3ccccc3)c2c1. The molecule has 4 aromatic rings. The number of fused-ring (bicyclic) bond motifs is 2. The fourth-order valence-corrected chi connectivity index (χ4v) is 3.56. The predicted molar refractivity (Wildman–Crippen MR) is 110 cm³/mol. The van der Waals surface area contributed by atoms with Gasteiger partial charge in [-0.3, -0.25) is 0 Å². The Morgan fingerprint density at radius 1 is 0.846 bits per heavy atom. The minimum Gasteiger partial charge on any atom is -0.491 e. The lowest BCUT2D eigenvalue weighted by Gasteiger charge is -2.16. The summed E-state index contributed by atoms with van der Waals surface area (Å²) in [4.78, 5) is 4.86. The number of nitrogens with zero attached hydrogens (tertiary/aromatic N) is 1. The molecule has 0 N–H and O–H groups in total. The van der Waals surface area contributed by atoms with Crippen LogP contribution in [0.25, 0.3) is 32.9 Å². The van der Waals surface area contributed by atoms with Gasteiger partial charge in [-0.15, -0.1) is 0 Å². The minimum atomic E-state index is 0.214. The van der Waals surface area contributed by atoms with Gasteiger partial charge in [-0.05, 0) is 43.2 Å². The van der Waals surface area contributed by atoms with Crippen molar-refractivity contribution in [2.75, 3.05) is 0 Å². The first-order valence-corrected chi connectivity index (χ1v) is 9.31. The zero-order valence-corrected chi connectivity index (χ0v) is 15.3. The van der Waals surface area contributed by atoms with Gasteiger partial charge in [0.15, 0.2) is 0 Å². The second kappa shape index (κ2) is 7.17. The molecular formula is C24H23NO. The van der Waals surface area contributed by atoms with Crippen LogP contribution in [0.2, 0.25) is 0 Å². The Kier molecular flexibility index (Phi) is 4.57. The fraction of sp³-hybridized carbons (Fsp3) is 0.208. The lowest BCUT2D eigenvalue weighted by atomic mass is 9.96. The van der Waals surface area contributed by atoms with E-state index in [1.807, 2.05) is 12.1 Å². The van der Waals surface area contributed by atoms with Crippen LogP contribution in [-0.2, 0) is 0 Å². The van der Waals surface area contributed by atoms with Crippen LogP contribution in [0.5, 0.6) is 5.75 Å². The number of aromatic nitrogens is 1. The minimum absolute atomic E-state index is 0.214. The highest BCUT2D eigenvalue weighted by molar-refractivity contribution is 6.09. The standard InChI is InChI=1S/C24H23NO/c1-3-9-17(2)26-19-14-15-23-21(16-19)24(18-10-5-4-6-11-18)20-12-7-8-13-22(20)25-23/h4-8,10-17H,3,9H2,1-2H3. The number of benzene rings is 3. The molecule has 1 heterocycles. The summed E-state index contributed by atoms with van der Waals surface area (Å²) in [6.07, 6.45) is 2.39. The predicted octanol–water partition coefficient (Wildman–Crippen LogP) is 6.62. The maximum absolute atomic E-state index is 6.14. The summed E-state index contributed by atoms with van der Waals surface area (Å²) < 4.78 is 6.14. The molecule has 26 heavy (non-hydrogen) atoms. The van der Waals surface area contributed by atoms with Crippen molar-refractivity contribution >= 4 is 21.8 Å². The molecule has 0 fully saturated rings. The molecule has 0 radical (unpaired) electrons. The van der Waals surface area contributed by atoms with Crippen molar-refractivity contribution in [3.8, 4) is 16.9 Å². The van der Waals surface area contributed by atoms with Gasteiger partial charge >= 0.3 is 0 Å². The summed E-state index contributed by atoms with van der Waals surface area (Å²) in [5.41, 5.74) is 4.44. The first-order chi connectivity index (χ1) is 12.8. The first-order valence-electron chi connectivity index (χ1n) is 9.31. The van der Waals surface area contributed by atoms with Gasteiger partial charge in [0, 0.05) is 16.3 Å². The highest BCUT2D eigenvalue weighted by Crippen LogP contribution is 2.36. The Hall–Kier alpha value is -2.87. The van der Waals surface area contributed by atoms with Crippen LogP contribution < -0.4 is 4.74 Å². The molecular weight excluding hydrogens is 318 g/mol. The average molecular weight is 341 g/mol. The highest BCUT2D eigenvalue weighted by Gasteiger charge is 2.12. The molecule has 0 bridgehead atoms. The van der Waals surface area contributed by atoms with E-state index in [9.17, 15) is 0 Å². The van der Waals surface area contributed by atoms with Gasteiger partial charge in [0.2, 0.25) is 0 Å². The Morgan fingerprint density at radius 3 is 2.38 bits per heavy atom. The second-order valence-corrected chi connectivity index (χ2v) is 6.77. The molecule has 0 saturated carbocycles. The molecule has 2 nitrogen and oxygen atoms in total. The van der Waals surface area contributed by atoms with E-state index >= 15 is 0 Å². The van der Waals surface area contributed by atoms with E-state index in [-0.39, 0.29) is 6.10 Å². The van der Waals surface area contributed by atoms with Crippen LogP contribution in [0.4, 0.5) is 0 Å². The number of rotatable bonds is 5. The molecule has 130 valence electrons. The maximum atomic E-state index is 6.14. The van der Waals surface area contributed by atoms with Crippen molar-refractivity contribution in [3.63, 3.8) is 0 Å². The Morgan fingerprint density at radius 2 is 1.58 bits per heavy atom. The monoisotopic (exact) mass is 341 g/mol. The van der Waals surface area contributed by atoms with Gasteiger partial charge in [-0.2, -0.15) is 0 Å². The summed E-state index contributed by atoms with van der Waals surface area (Å²) >= 11 is 0. The van der Waals surface area contributed by atoms with Gasteiger partial charge in [0.1, 0.15) is 5.75 Å². The van der Waals surface area contributed by atoms with E-state index in [0.29, 0.717) is 0 Å². The Labute approximate surface area is 154 Å². The molecule has 1 aromatic heterocycles. The average Bonchev–Trinajstić information content (AvgIpc) is 2.67. The van der Waals surface area contributed by atoms with Gasteiger partial charge in [0.25, 0.3) is 0 Å². The number of ether oxygens (including phenoxy) is 1. The third-order valence-electron chi connectivity index (χ3n) is 4.75. The van der Waals surface area contributed by atoms with Crippen LogP contribution in [-0.4, -0.2) is 11.1 Å². The van der Waals surface area contributed by atoms with Crippen molar-refractivity contribution in [2.45, 2.75) is 32.8 Å². The second-order valence-electron chi connectivity index (χ2n) is 6.77. The number of pyridine rings is 1. The van der Waals surface area contributed by atoms with Gasteiger partial charge in [0.05, 0.1) is 17.1 Å². The van der Waals surface area contributed by atoms with E-state index < -0.39 is 0 Å². The summed E-state index contributed by atoms with van der Waals surface area (Å²) in [5.74, 6) is 0.910. The van der Waals surface area contributed by atoms with Crippen LogP contribution in [0, 0.1) is 0 Å². The van der Waals surface area contributed by atoms with Crippen LogP contribution in [0.1, 0.15) is 26.7 Å². The number of hydrogen-bond donors (Lipinski definition) is 0. The van der Waals surface area contributed by atoms with Crippen molar-refractivity contribution in [2.24, 2.45) is 0 Å². The van der Waals surface area contributed by atoms with Crippen molar-refractivity contribution in [1.82, 2.24) is 4.98 Å². The molecule has 4 rings (SSSR count). The van der Waals surface area contributed by atoms with Crippen molar-refractivity contribution in [3.05, 3.63) is 72.8 Å². The van der Waals surface area contributed by atoms with E-state index in [4.69, 9.17) is 9.72 Å². The smallest absolute Gasteiger partial charge is 0.120 e. The number of para-hydroxylation sites is 1. The molecule has 0 aliphatic carbocycles. The highest BCUT2D eigenvalue weighted by atomic mass is 16.5. The summed E-state index contributed by atoms with van der Waals surface area (Å²) in [6, 6.07) is 25.1. The quantitative estimate of drug-likeness (QED) is 0.380. The maximum Gasteiger partial charge on any atom is 0.120 e. The van der Waals surface area contributed by atoms with Crippen LogP contribution >= 0.6 is 0 Å². The fourth-order valence-electron chi connectivity index (χ4n) is 3.56. The van der Waals surface area contributed by atoms with E-state index in [1.54, 1.807) is 0 Å². The van der Waals surface area contributed by atoms with Crippen LogP contribution in [0.15, 0.2) is 72.8 Å². The Bertz CT molecular complexity index is 1040. The van der Waals surface area contributed by atoms with Gasteiger partial charge < -0.3 is 4.74 Å². The summed E-state index contributed by atoms with van der Waals surface area (Å²) in [6.45, 7) is 4.31. The Balaban J connectivity index is 1.95. The first kappa shape index (κ1) is 16.6. The molecule has 0 aliphatic heterocycles. The third kappa shape index (κ3) is 3.15. The van der Waals surface area contributed by atoms with E-state index in [1.165, 1.54) is 16.5 Å². The number of hydrogen-bond acceptors (Lipinski definition) is 2. The molecule has 0 saturated heterocycles. The topological polar surface area (TPSA) is 22.1 Å². The molecule has 0 amide bonds. The molecule has 0 spiro atoms. The third-order valence-corrected chi connectivity index (χ3v) is 4.75. The van der Waals surface area contributed by atoms with Crippen molar-refractivity contribution in [1.29, 1.82) is 0 Å². The van der Waals surface area contributed by atoms with E-state index in [0.717, 1.165) is 35.0 Å². The normalized spacial score (nSPS) is 12.4. The lowest BCUT2D eigenvalue weighted by Crippen LogP contribution is -2.10. The van der Waals surface area contributed by atoms with Crippen LogP contribution in [0.3, 0.4) is 0 Å². The summed E-state index contributed by atoms with van der Waals surface area (Å²) in [7, 11) is 0. The zero-order valence-electron chi connectivity index (χ0n) is 15.3. The molecule has 3 aromatic carbocycles. The molecule has 1 unspecified atom stereocenters. The molecule has 1 atom stereocenters. The summed E-state index contributed by atoms with van der Waals surface area (Å²) in [5, 5.41) is 2.31. The van der Waals surface area contributed by atoms with Gasteiger partial charge in [-0.25, -0.2) is 4.98 Å². The van der Waals surface area contributed by atoms with Gasteiger partial charge in [-0.1, -0.05) is 61.9 Å². The molecule has 0 aliphatic rings.